The molecule has 1 aromatic heterocycles. The van der Waals surface area contributed by atoms with Crippen LogP contribution in [0.5, 0.6) is 0 Å². The molecule has 1 aromatic carbocycles. The van der Waals surface area contributed by atoms with E-state index in [0.717, 1.165) is 5.69 Å². The summed E-state index contributed by atoms with van der Waals surface area (Å²) in [6.07, 6.45) is 4.49. The molecule has 0 spiro atoms. The van der Waals surface area contributed by atoms with E-state index in [2.05, 4.69) is 25.1 Å². The van der Waals surface area contributed by atoms with Gasteiger partial charge in [-0.2, -0.15) is 5.10 Å². The van der Waals surface area contributed by atoms with Crippen molar-refractivity contribution >= 4 is 0 Å². The molecular formula is C15H17FN2. The molecule has 1 heterocycles. The molecule has 0 unspecified atom stereocenters. The smallest absolute Gasteiger partial charge is 0.132 e. The van der Waals surface area contributed by atoms with Gasteiger partial charge in [-0.15, -0.1) is 0 Å². The van der Waals surface area contributed by atoms with Crippen molar-refractivity contribution in [3.8, 4) is 11.3 Å². The van der Waals surface area contributed by atoms with Gasteiger partial charge in [0, 0.05) is 23.4 Å². The van der Waals surface area contributed by atoms with Gasteiger partial charge < -0.3 is 0 Å². The van der Waals surface area contributed by atoms with Crippen molar-refractivity contribution in [1.82, 2.24) is 9.78 Å². The molecule has 0 radical (unpaired) electrons. The van der Waals surface area contributed by atoms with Crippen molar-refractivity contribution in [2.24, 2.45) is 0 Å². The van der Waals surface area contributed by atoms with E-state index in [1.54, 1.807) is 6.07 Å². The highest BCUT2D eigenvalue weighted by atomic mass is 19.1. The monoisotopic (exact) mass is 244 g/mol. The van der Waals surface area contributed by atoms with Gasteiger partial charge in [0.1, 0.15) is 5.82 Å². The Balaban J connectivity index is 2.13. The molecule has 1 aliphatic carbocycles. The summed E-state index contributed by atoms with van der Waals surface area (Å²) in [5.74, 6) is 0.389. The van der Waals surface area contributed by atoms with Gasteiger partial charge >= 0.3 is 0 Å². The van der Waals surface area contributed by atoms with Gasteiger partial charge in [-0.1, -0.05) is 12.1 Å². The van der Waals surface area contributed by atoms with E-state index in [1.807, 2.05) is 16.8 Å². The number of rotatable bonds is 3. The molecule has 0 aliphatic heterocycles. The third-order valence-corrected chi connectivity index (χ3v) is 3.44. The maximum Gasteiger partial charge on any atom is 0.132 e. The fourth-order valence-corrected chi connectivity index (χ4v) is 2.23. The standard InChI is InChI=1S/C15H17FN2/c1-10(2)18-9-13(11-7-8-11)15(17-18)12-5-3-4-6-14(12)16/h3-6,9-11H,7-8H2,1-2H3. The van der Waals surface area contributed by atoms with Crippen LogP contribution in [0.15, 0.2) is 30.5 Å². The average molecular weight is 244 g/mol. The predicted octanol–water partition coefficient (Wildman–Crippen LogP) is 4.15. The molecule has 0 atom stereocenters. The third-order valence-electron chi connectivity index (χ3n) is 3.44. The summed E-state index contributed by atoms with van der Waals surface area (Å²) in [4.78, 5) is 0. The highest BCUT2D eigenvalue weighted by Crippen LogP contribution is 2.44. The summed E-state index contributed by atoms with van der Waals surface area (Å²) in [5, 5.41) is 4.58. The van der Waals surface area contributed by atoms with Crippen molar-refractivity contribution in [2.75, 3.05) is 0 Å². The van der Waals surface area contributed by atoms with E-state index in [-0.39, 0.29) is 5.82 Å². The average Bonchev–Trinajstić information content (AvgIpc) is 3.09. The normalized spacial score (nSPS) is 15.3. The number of halogens is 1. The summed E-state index contributed by atoms with van der Waals surface area (Å²) < 4.78 is 15.8. The van der Waals surface area contributed by atoms with Crippen molar-refractivity contribution in [2.45, 2.75) is 38.6 Å². The first kappa shape index (κ1) is 11.5. The zero-order valence-electron chi connectivity index (χ0n) is 10.7. The minimum atomic E-state index is -0.187. The first-order valence-electron chi connectivity index (χ1n) is 6.50. The summed E-state index contributed by atoms with van der Waals surface area (Å²) in [5.41, 5.74) is 2.65. The number of benzene rings is 1. The molecule has 0 N–H and O–H groups in total. The Kier molecular flexibility index (Phi) is 2.69. The second-order valence-corrected chi connectivity index (χ2v) is 5.26. The lowest BCUT2D eigenvalue weighted by atomic mass is 10.0. The Labute approximate surface area is 106 Å². The SMILES string of the molecule is CC(C)n1cc(C2CC2)c(-c2ccccc2F)n1. The lowest BCUT2D eigenvalue weighted by Crippen LogP contribution is -2.00. The minimum absolute atomic E-state index is 0.187. The molecule has 94 valence electrons. The molecule has 0 saturated heterocycles. The number of aromatic nitrogens is 2. The van der Waals surface area contributed by atoms with Gasteiger partial charge in [-0.3, -0.25) is 4.68 Å². The van der Waals surface area contributed by atoms with Crippen LogP contribution in [-0.2, 0) is 0 Å². The topological polar surface area (TPSA) is 17.8 Å². The fourth-order valence-electron chi connectivity index (χ4n) is 2.23. The van der Waals surface area contributed by atoms with Crippen molar-refractivity contribution in [3.63, 3.8) is 0 Å². The molecule has 2 nitrogen and oxygen atoms in total. The van der Waals surface area contributed by atoms with Crippen LogP contribution in [0.3, 0.4) is 0 Å². The van der Waals surface area contributed by atoms with Gasteiger partial charge in [0.2, 0.25) is 0 Å². The minimum Gasteiger partial charge on any atom is -0.269 e. The zero-order chi connectivity index (χ0) is 12.7. The van der Waals surface area contributed by atoms with E-state index in [9.17, 15) is 4.39 Å². The van der Waals surface area contributed by atoms with Crippen LogP contribution in [0.25, 0.3) is 11.3 Å². The molecular weight excluding hydrogens is 227 g/mol. The lowest BCUT2D eigenvalue weighted by Gasteiger charge is -2.04. The van der Waals surface area contributed by atoms with Crippen LogP contribution in [0.1, 0.15) is 44.2 Å². The first-order chi connectivity index (χ1) is 8.66. The number of nitrogens with zero attached hydrogens (tertiary/aromatic N) is 2. The molecule has 3 rings (SSSR count). The van der Waals surface area contributed by atoms with E-state index in [0.29, 0.717) is 17.5 Å². The quantitative estimate of drug-likeness (QED) is 0.793. The largest absolute Gasteiger partial charge is 0.269 e. The Morgan fingerprint density at radius 2 is 2.00 bits per heavy atom. The molecule has 3 heteroatoms. The maximum atomic E-state index is 13.9. The molecule has 1 saturated carbocycles. The zero-order valence-corrected chi connectivity index (χ0v) is 10.7. The van der Waals surface area contributed by atoms with Crippen LogP contribution >= 0.6 is 0 Å². The maximum absolute atomic E-state index is 13.9. The summed E-state index contributed by atoms with van der Waals surface area (Å²) in [6.45, 7) is 4.18. The van der Waals surface area contributed by atoms with Crippen molar-refractivity contribution in [1.29, 1.82) is 0 Å². The summed E-state index contributed by atoms with van der Waals surface area (Å²) >= 11 is 0. The number of hydrogen-bond donors (Lipinski definition) is 0. The van der Waals surface area contributed by atoms with Gasteiger partial charge in [-0.05, 0) is 44.7 Å². The van der Waals surface area contributed by atoms with E-state index >= 15 is 0 Å². The molecule has 0 amide bonds. The van der Waals surface area contributed by atoms with E-state index in [1.165, 1.54) is 24.5 Å². The first-order valence-corrected chi connectivity index (χ1v) is 6.50. The van der Waals surface area contributed by atoms with E-state index < -0.39 is 0 Å². The van der Waals surface area contributed by atoms with Crippen LogP contribution in [0.2, 0.25) is 0 Å². The van der Waals surface area contributed by atoms with Crippen LogP contribution in [0.4, 0.5) is 4.39 Å². The Morgan fingerprint density at radius 1 is 1.28 bits per heavy atom. The van der Waals surface area contributed by atoms with Crippen LogP contribution in [-0.4, -0.2) is 9.78 Å². The van der Waals surface area contributed by atoms with Gasteiger partial charge in [0.05, 0.1) is 5.69 Å². The van der Waals surface area contributed by atoms with Crippen molar-refractivity contribution < 1.29 is 4.39 Å². The molecule has 2 aromatic rings. The summed E-state index contributed by atoms with van der Waals surface area (Å²) in [6, 6.07) is 7.20. The van der Waals surface area contributed by atoms with Crippen molar-refractivity contribution in [3.05, 3.63) is 41.8 Å². The third kappa shape index (κ3) is 1.94. The molecule has 0 bridgehead atoms. The van der Waals surface area contributed by atoms with Gasteiger partial charge in [0.25, 0.3) is 0 Å². The Morgan fingerprint density at radius 3 is 2.61 bits per heavy atom. The highest BCUT2D eigenvalue weighted by Gasteiger charge is 2.29. The predicted molar refractivity (Wildman–Crippen MR) is 70.0 cm³/mol. The Bertz CT molecular complexity index is 568. The molecule has 1 aliphatic rings. The van der Waals surface area contributed by atoms with Gasteiger partial charge in [-0.25, -0.2) is 4.39 Å². The van der Waals surface area contributed by atoms with E-state index in [4.69, 9.17) is 0 Å². The fraction of sp³-hybridized carbons (Fsp3) is 0.400. The molecule has 1 fully saturated rings. The Hall–Kier alpha value is -1.64. The lowest BCUT2D eigenvalue weighted by molar-refractivity contribution is 0.532. The second kappa shape index (κ2) is 4.23. The summed E-state index contributed by atoms with van der Waals surface area (Å²) in [7, 11) is 0. The molecule has 18 heavy (non-hydrogen) atoms. The van der Waals surface area contributed by atoms with Gasteiger partial charge in [0.15, 0.2) is 0 Å². The second-order valence-electron chi connectivity index (χ2n) is 5.26. The highest BCUT2D eigenvalue weighted by molar-refractivity contribution is 5.64. The van der Waals surface area contributed by atoms with Crippen LogP contribution < -0.4 is 0 Å². The van der Waals surface area contributed by atoms with Crippen LogP contribution in [0, 0.1) is 5.82 Å². The number of hydrogen-bond acceptors (Lipinski definition) is 1.